The largest absolute Gasteiger partial charge is 0.479 e. The molecule has 0 bridgehead atoms. The molecule has 1 aliphatic heterocycles. The molecule has 1 aliphatic rings. The molecular weight excluding hydrogens is 254 g/mol. The topological polar surface area (TPSA) is 94.1 Å². The van der Waals surface area contributed by atoms with E-state index in [2.05, 4.69) is 5.32 Å². The summed E-state index contributed by atoms with van der Waals surface area (Å²) in [5, 5.41) is 11.6. The second-order valence-electron chi connectivity index (χ2n) is 5.45. The van der Waals surface area contributed by atoms with Crippen molar-refractivity contribution < 1.29 is 28.9 Å². The van der Waals surface area contributed by atoms with E-state index in [4.69, 9.17) is 19.3 Å². The fourth-order valence-corrected chi connectivity index (χ4v) is 1.82. The second kappa shape index (κ2) is 6.21. The molecule has 0 aromatic heterocycles. The smallest absolute Gasteiger partial charge is 0.407 e. The normalized spacial score (nSPS) is 27.7. The van der Waals surface area contributed by atoms with Crippen molar-refractivity contribution in [3.05, 3.63) is 0 Å². The van der Waals surface area contributed by atoms with Gasteiger partial charge in [0.25, 0.3) is 0 Å². The number of nitrogens with one attached hydrogen (secondary N) is 1. The lowest BCUT2D eigenvalue weighted by Crippen LogP contribution is -2.52. The van der Waals surface area contributed by atoms with Crippen LogP contribution in [0.1, 0.15) is 27.2 Å². The van der Waals surface area contributed by atoms with E-state index in [1.54, 1.807) is 20.8 Å². The summed E-state index contributed by atoms with van der Waals surface area (Å²) in [6, 6.07) is -0.324. The number of ether oxygens (including phenoxy) is 3. The fraction of sp³-hybridized carbons (Fsp3) is 0.833. The van der Waals surface area contributed by atoms with E-state index in [-0.39, 0.29) is 12.6 Å². The molecule has 3 atom stereocenters. The minimum Gasteiger partial charge on any atom is -0.479 e. The molecule has 2 N–H and O–H groups in total. The summed E-state index contributed by atoms with van der Waals surface area (Å²) >= 11 is 0. The van der Waals surface area contributed by atoms with Crippen molar-refractivity contribution in [3.8, 4) is 0 Å². The summed E-state index contributed by atoms with van der Waals surface area (Å²) in [5.74, 6) is -1.07. The molecule has 1 amide bonds. The Labute approximate surface area is 112 Å². The molecule has 7 heteroatoms. The predicted molar refractivity (Wildman–Crippen MR) is 65.9 cm³/mol. The van der Waals surface area contributed by atoms with E-state index in [9.17, 15) is 9.59 Å². The number of rotatable bonds is 3. The molecule has 0 aliphatic carbocycles. The number of carbonyl (C=O) groups excluding carboxylic acids is 1. The molecule has 0 radical (unpaired) electrons. The molecule has 19 heavy (non-hydrogen) atoms. The molecule has 1 saturated heterocycles. The molecule has 2 unspecified atom stereocenters. The summed E-state index contributed by atoms with van der Waals surface area (Å²) < 4.78 is 15.4. The van der Waals surface area contributed by atoms with Crippen molar-refractivity contribution in [2.45, 2.75) is 51.0 Å². The highest BCUT2D eigenvalue weighted by atomic mass is 16.6. The quantitative estimate of drug-likeness (QED) is 0.790. The number of carbonyl (C=O) groups is 2. The first kappa shape index (κ1) is 15.7. The number of amides is 1. The standard InChI is InChI=1S/C12H21NO6/c1-12(2,3)19-11(16)13-7-5-8(17-4)9(10(14)15)18-6-7/h7-9H,5-6H2,1-4H3,(H,13,16)(H,14,15)/t7?,8?,9-/m1/s1. The van der Waals surface area contributed by atoms with Crippen LogP contribution in [-0.4, -0.2) is 54.7 Å². The number of aliphatic carboxylic acids is 1. The van der Waals surface area contributed by atoms with E-state index >= 15 is 0 Å². The van der Waals surface area contributed by atoms with Gasteiger partial charge in [0.15, 0.2) is 6.10 Å². The lowest BCUT2D eigenvalue weighted by atomic mass is 10.0. The maximum absolute atomic E-state index is 11.6. The van der Waals surface area contributed by atoms with Crippen molar-refractivity contribution in [2.24, 2.45) is 0 Å². The first-order valence-electron chi connectivity index (χ1n) is 6.09. The highest BCUT2D eigenvalue weighted by Crippen LogP contribution is 2.18. The SMILES string of the molecule is COC1CC(NC(=O)OC(C)(C)C)CO[C@H]1C(=O)O. The zero-order valence-corrected chi connectivity index (χ0v) is 11.6. The molecule has 1 rings (SSSR count). The highest BCUT2D eigenvalue weighted by Gasteiger charge is 2.37. The molecule has 1 heterocycles. The number of methoxy groups -OCH3 is 1. The Balaban J connectivity index is 2.50. The van der Waals surface area contributed by atoms with Gasteiger partial charge in [0.2, 0.25) is 0 Å². The van der Waals surface area contributed by atoms with Crippen LogP contribution in [0.25, 0.3) is 0 Å². The summed E-state index contributed by atoms with van der Waals surface area (Å²) in [4.78, 5) is 22.5. The van der Waals surface area contributed by atoms with E-state index in [0.717, 1.165) is 0 Å². The summed E-state index contributed by atoms with van der Waals surface area (Å²) in [5.41, 5.74) is -0.579. The van der Waals surface area contributed by atoms with Crippen LogP contribution in [0.5, 0.6) is 0 Å². The Morgan fingerprint density at radius 3 is 2.47 bits per heavy atom. The van der Waals surface area contributed by atoms with Crippen LogP contribution in [0.4, 0.5) is 4.79 Å². The molecule has 0 spiro atoms. The third-order valence-corrected chi connectivity index (χ3v) is 2.60. The predicted octanol–water partition coefficient (Wildman–Crippen LogP) is 0.768. The van der Waals surface area contributed by atoms with Crippen LogP contribution < -0.4 is 5.32 Å². The van der Waals surface area contributed by atoms with Crippen LogP contribution in [0.3, 0.4) is 0 Å². The Morgan fingerprint density at radius 1 is 1.37 bits per heavy atom. The van der Waals surface area contributed by atoms with Gasteiger partial charge in [-0.3, -0.25) is 0 Å². The van der Waals surface area contributed by atoms with Gasteiger partial charge in [-0.05, 0) is 27.2 Å². The van der Waals surface area contributed by atoms with Crippen molar-refractivity contribution >= 4 is 12.1 Å². The third-order valence-electron chi connectivity index (χ3n) is 2.60. The molecule has 0 saturated carbocycles. The van der Waals surface area contributed by atoms with E-state index in [1.165, 1.54) is 7.11 Å². The zero-order valence-electron chi connectivity index (χ0n) is 11.6. The lowest BCUT2D eigenvalue weighted by molar-refractivity contribution is -0.168. The molecular formula is C12H21NO6. The number of carboxylic acid groups (broad SMARTS) is 1. The molecule has 110 valence electrons. The first-order valence-corrected chi connectivity index (χ1v) is 6.09. The van der Waals surface area contributed by atoms with E-state index in [0.29, 0.717) is 6.42 Å². The maximum Gasteiger partial charge on any atom is 0.407 e. The van der Waals surface area contributed by atoms with Gasteiger partial charge in [0.05, 0.1) is 18.8 Å². The van der Waals surface area contributed by atoms with Gasteiger partial charge in [0.1, 0.15) is 5.60 Å². The number of alkyl carbamates (subject to hydrolysis) is 1. The van der Waals surface area contributed by atoms with Gasteiger partial charge in [-0.2, -0.15) is 0 Å². The minimum atomic E-state index is -1.07. The summed E-state index contributed by atoms with van der Waals surface area (Å²) in [6.45, 7) is 5.42. The van der Waals surface area contributed by atoms with E-state index < -0.39 is 29.9 Å². The Bertz CT molecular complexity index is 338. The number of hydrogen-bond acceptors (Lipinski definition) is 5. The fourth-order valence-electron chi connectivity index (χ4n) is 1.82. The Kier molecular flexibility index (Phi) is 5.13. The molecule has 7 nitrogen and oxygen atoms in total. The van der Waals surface area contributed by atoms with Crippen molar-refractivity contribution in [3.63, 3.8) is 0 Å². The summed E-state index contributed by atoms with van der Waals surface area (Å²) in [7, 11) is 1.42. The van der Waals surface area contributed by atoms with Gasteiger partial charge in [-0.1, -0.05) is 0 Å². The Morgan fingerprint density at radius 2 is 2.00 bits per heavy atom. The first-order chi connectivity index (χ1) is 8.73. The Hall–Kier alpha value is -1.34. The van der Waals surface area contributed by atoms with Gasteiger partial charge < -0.3 is 24.6 Å². The van der Waals surface area contributed by atoms with Gasteiger partial charge in [-0.15, -0.1) is 0 Å². The van der Waals surface area contributed by atoms with Crippen LogP contribution in [0, 0.1) is 0 Å². The maximum atomic E-state index is 11.6. The average molecular weight is 275 g/mol. The second-order valence-corrected chi connectivity index (χ2v) is 5.45. The molecule has 0 aromatic rings. The van der Waals surface area contributed by atoms with Crippen LogP contribution in [0.2, 0.25) is 0 Å². The summed E-state index contributed by atoms with van der Waals surface area (Å²) in [6.07, 6.45) is -1.77. The highest BCUT2D eigenvalue weighted by molar-refractivity contribution is 5.73. The van der Waals surface area contributed by atoms with Gasteiger partial charge >= 0.3 is 12.1 Å². The number of carboxylic acids is 1. The van der Waals surface area contributed by atoms with Gasteiger partial charge in [-0.25, -0.2) is 9.59 Å². The van der Waals surface area contributed by atoms with Crippen molar-refractivity contribution in [1.82, 2.24) is 5.32 Å². The monoisotopic (exact) mass is 275 g/mol. The van der Waals surface area contributed by atoms with Crippen LogP contribution in [-0.2, 0) is 19.0 Å². The molecule has 1 fully saturated rings. The third kappa shape index (κ3) is 5.04. The lowest BCUT2D eigenvalue weighted by Gasteiger charge is -2.33. The number of hydrogen-bond donors (Lipinski definition) is 2. The zero-order chi connectivity index (χ0) is 14.6. The van der Waals surface area contributed by atoms with Crippen LogP contribution >= 0.6 is 0 Å². The van der Waals surface area contributed by atoms with Crippen LogP contribution in [0.15, 0.2) is 0 Å². The average Bonchev–Trinajstić information content (AvgIpc) is 2.25. The van der Waals surface area contributed by atoms with E-state index in [1.807, 2.05) is 0 Å². The molecule has 0 aromatic carbocycles. The van der Waals surface area contributed by atoms with Crippen molar-refractivity contribution in [1.29, 1.82) is 0 Å². The van der Waals surface area contributed by atoms with Gasteiger partial charge in [0, 0.05) is 7.11 Å². The van der Waals surface area contributed by atoms with Crippen molar-refractivity contribution in [2.75, 3.05) is 13.7 Å². The minimum absolute atomic E-state index is 0.121.